The van der Waals surface area contributed by atoms with Crippen LogP contribution in [0.1, 0.15) is 0 Å². The Bertz CT molecular complexity index is 931. The number of benzene rings is 2. The van der Waals surface area contributed by atoms with Gasteiger partial charge in [-0.15, -0.1) is 0 Å². The predicted octanol–water partition coefficient (Wildman–Crippen LogP) is 3.83. The molecule has 3 heteroatoms. The first-order valence-corrected chi connectivity index (χ1v) is 6.58. The van der Waals surface area contributed by atoms with Crippen molar-refractivity contribution in [3.05, 3.63) is 60.9 Å². The van der Waals surface area contributed by atoms with Gasteiger partial charge in [-0.2, -0.15) is 0 Å². The van der Waals surface area contributed by atoms with Crippen molar-refractivity contribution in [2.24, 2.45) is 7.05 Å². The fourth-order valence-electron chi connectivity index (χ4n) is 2.74. The topological polar surface area (TPSA) is 30.1 Å². The zero-order chi connectivity index (χ0) is 13.7. The fourth-order valence-corrected chi connectivity index (χ4v) is 2.74. The number of aromatic nitrogens is 2. The third-order valence-corrected chi connectivity index (χ3v) is 3.85. The number of rotatable bonds is 1. The zero-order valence-corrected chi connectivity index (χ0v) is 11.1. The largest absolute Gasteiger partial charge is 0.494 e. The van der Waals surface area contributed by atoms with Crippen molar-refractivity contribution in [2.75, 3.05) is 0 Å². The number of hydrogen-bond donors (Lipinski definition) is 1. The number of aryl methyl sites for hydroxylation is 1. The van der Waals surface area contributed by atoms with Crippen molar-refractivity contribution in [3.63, 3.8) is 0 Å². The third kappa shape index (κ3) is 1.46. The first-order valence-electron chi connectivity index (χ1n) is 6.58. The van der Waals surface area contributed by atoms with Crippen LogP contribution in [-0.4, -0.2) is 14.2 Å². The maximum absolute atomic E-state index is 10.4. The number of fused-ring (bicyclic) bond motifs is 2. The van der Waals surface area contributed by atoms with E-state index in [0.717, 1.165) is 22.0 Å². The van der Waals surface area contributed by atoms with Crippen molar-refractivity contribution in [3.8, 4) is 11.6 Å². The van der Waals surface area contributed by atoms with Gasteiger partial charge in [-0.1, -0.05) is 24.3 Å². The molecule has 0 saturated heterocycles. The smallest absolute Gasteiger partial charge is 0.203 e. The second-order valence-electron chi connectivity index (χ2n) is 5.08. The molecule has 2 heterocycles. The van der Waals surface area contributed by atoms with Gasteiger partial charge in [-0.3, -0.25) is 4.57 Å². The van der Waals surface area contributed by atoms with E-state index in [1.807, 2.05) is 54.3 Å². The molecule has 0 unspecified atom stereocenters. The number of aromatic hydroxyl groups is 1. The molecular weight excluding hydrogens is 248 g/mol. The lowest BCUT2D eigenvalue weighted by Crippen LogP contribution is -1.92. The van der Waals surface area contributed by atoms with Crippen LogP contribution in [0.3, 0.4) is 0 Å². The van der Waals surface area contributed by atoms with Gasteiger partial charge in [-0.05, 0) is 29.7 Å². The minimum atomic E-state index is 0.286. The summed E-state index contributed by atoms with van der Waals surface area (Å²) >= 11 is 0. The normalized spacial score (nSPS) is 11.4. The molecule has 0 atom stereocenters. The van der Waals surface area contributed by atoms with Crippen LogP contribution < -0.4 is 0 Å². The van der Waals surface area contributed by atoms with Gasteiger partial charge in [0.15, 0.2) is 0 Å². The Labute approximate surface area is 116 Å². The van der Waals surface area contributed by atoms with E-state index in [-0.39, 0.29) is 5.88 Å². The Morgan fingerprint density at radius 2 is 1.80 bits per heavy atom. The number of hydrogen-bond acceptors (Lipinski definition) is 1. The van der Waals surface area contributed by atoms with E-state index in [1.165, 1.54) is 5.39 Å². The van der Waals surface area contributed by atoms with E-state index in [9.17, 15) is 5.11 Å². The van der Waals surface area contributed by atoms with Crippen molar-refractivity contribution in [1.82, 2.24) is 9.13 Å². The van der Waals surface area contributed by atoms with Gasteiger partial charge in [0.05, 0.1) is 5.69 Å². The minimum absolute atomic E-state index is 0.286. The average molecular weight is 262 g/mol. The predicted molar refractivity (Wildman–Crippen MR) is 81.4 cm³/mol. The number of nitrogens with zero attached hydrogens (tertiary/aromatic N) is 2. The first kappa shape index (κ1) is 11.2. The third-order valence-electron chi connectivity index (χ3n) is 3.85. The second kappa shape index (κ2) is 3.90. The van der Waals surface area contributed by atoms with E-state index in [4.69, 9.17) is 0 Å². The van der Waals surface area contributed by atoms with Crippen molar-refractivity contribution in [1.29, 1.82) is 0 Å². The quantitative estimate of drug-likeness (QED) is 0.555. The summed E-state index contributed by atoms with van der Waals surface area (Å²) in [4.78, 5) is 0. The molecule has 0 amide bonds. The summed E-state index contributed by atoms with van der Waals surface area (Å²) < 4.78 is 3.91. The first-order chi connectivity index (χ1) is 9.74. The van der Waals surface area contributed by atoms with Crippen molar-refractivity contribution in [2.45, 2.75) is 0 Å². The summed E-state index contributed by atoms with van der Waals surface area (Å²) in [7, 11) is 2.03. The van der Waals surface area contributed by atoms with Crippen LogP contribution in [0, 0.1) is 0 Å². The molecule has 0 aliphatic carbocycles. The molecule has 0 saturated carbocycles. The summed E-state index contributed by atoms with van der Waals surface area (Å²) in [5.74, 6) is 0.286. The average Bonchev–Trinajstić information content (AvgIpc) is 3.01. The Hall–Kier alpha value is -2.68. The Morgan fingerprint density at radius 1 is 0.950 bits per heavy atom. The van der Waals surface area contributed by atoms with Gasteiger partial charge in [0.25, 0.3) is 0 Å². The lowest BCUT2D eigenvalue weighted by atomic mass is 10.2. The molecule has 0 fully saturated rings. The van der Waals surface area contributed by atoms with Crippen LogP contribution in [0.5, 0.6) is 5.88 Å². The highest BCUT2D eigenvalue weighted by Crippen LogP contribution is 2.31. The molecule has 0 bridgehead atoms. The van der Waals surface area contributed by atoms with E-state index in [0.29, 0.717) is 0 Å². The SMILES string of the molecule is Cn1ccc2ccc(-n3cc4ccccc4c3O)cc21. The Morgan fingerprint density at radius 3 is 2.65 bits per heavy atom. The van der Waals surface area contributed by atoms with Gasteiger partial charge >= 0.3 is 0 Å². The Kier molecular flexibility index (Phi) is 2.18. The van der Waals surface area contributed by atoms with Gasteiger partial charge in [0.1, 0.15) is 0 Å². The van der Waals surface area contributed by atoms with Crippen LogP contribution in [-0.2, 0) is 7.05 Å². The molecule has 1 N–H and O–H groups in total. The molecule has 2 aromatic heterocycles. The molecule has 98 valence electrons. The van der Waals surface area contributed by atoms with Crippen LogP contribution in [0.4, 0.5) is 0 Å². The van der Waals surface area contributed by atoms with Crippen molar-refractivity contribution >= 4 is 21.7 Å². The maximum Gasteiger partial charge on any atom is 0.203 e. The lowest BCUT2D eigenvalue weighted by Gasteiger charge is -2.06. The summed E-state index contributed by atoms with van der Waals surface area (Å²) in [6, 6.07) is 16.1. The van der Waals surface area contributed by atoms with E-state index < -0.39 is 0 Å². The van der Waals surface area contributed by atoms with Crippen LogP contribution >= 0.6 is 0 Å². The summed E-state index contributed by atoms with van der Waals surface area (Å²) in [6.45, 7) is 0. The molecule has 0 aliphatic heterocycles. The summed E-state index contributed by atoms with van der Waals surface area (Å²) in [6.07, 6.45) is 4.01. The highest BCUT2D eigenvalue weighted by atomic mass is 16.3. The van der Waals surface area contributed by atoms with E-state index in [2.05, 4.69) is 22.8 Å². The molecular formula is C17H14N2O. The molecule has 0 aliphatic rings. The minimum Gasteiger partial charge on any atom is -0.494 e. The summed E-state index contributed by atoms with van der Waals surface area (Å²) in [5, 5.41) is 13.5. The highest BCUT2D eigenvalue weighted by Gasteiger charge is 2.10. The lowest BCUT2D eigenvalue weighted by molar-refractivity contribution is 0.448. The highest BCUT2D eigenvalue weighted by molar-refractivity contribution is 5.89. The molecule has 20 heavy (non-hydrogen) atoms. The van der Waals surface area contributed by atoms with Crippen LogP contribution in [0.25, 0.3) is 27.4 Å². The maximum atomic E-state index is 10.4. The molecule has 4 rings (SSSR count). The standard InChI is InChI=1S/C17H14N2O/c1-18-9-8-12-6-7-14(10-16(12)18)19-11-13-4-2-3-5-15(13)17(19)20/h2-11,20H,1H3. The molecule has 0 spiro atoms. The van der Waals surface area contributed by atoms with Crippen molar-refractivity contribution < 1.29 is 5.11 Å². The van der Waals surface area contributed by atoms with Gasteiger partial charge < -0.3 is 9.67 Å². The van der Waals surface area contributed by atoms with Gasteiger partial charge in [-0.25, -0.2) is 0 Å². The van der Waals surface area contributed by atoms with Gasteiger partial charge in [0.2, 0.25) is 5.88 Å². The molecule has 4 aromatic rings. The molecule has 3 nitrogen and oxygen atoms in total. The van der Waals surface area contributed by atoms with Crippen LogP contribution in [0.2, 0.25) is 0 Å². The van der Waals surface area contributed by atoms with E-state index in [1.54, 1.807) is 0 Å². The monoisotopic (exact) mass is 262 g/mol. The van der Waals surface area contributed by atoms with Crippen LogP contribution in [0.15, 0.2) is 60.9 Å². The van der Waals surface area contributed by atoms with E-state index >= 15 is 0 Å². The Balaban J connectivity index is 2.00. The molecule has 2 aromatic carbocycles. The summed E-state index contributed by atoms with van der Waals surface area (Å²) in [5.41, 5.74) is 2.12. The fraction of sp³-hybridized carbons (Fsp3) is 0.0588. The zero-order valence-electron chi connectivity index (χ0n) is 11.1. The second-order valence-corrected chi connectivity index (χ2v) is 5.08. The van der Waals surface area contributed by atoms with Gasteiger partial charge in [0, 0.05) is 35.7 Å². The molecule has 0 radical (unpaired) electrons.